The van der Waals surface area contributed by atoms with E-state index in [1.165, 1.54) is 6.26 Å². The summed E-state index contributed by atoms with van der Waals surface area (Å²) >= 11 is 0. The second-order valence-electron chi connectivity index (χ2n) is 9.24. The molecule has 1 fully saturated rings. The van der Waals surface area contributed by atoms with Crippen molar-refractivity contribution in [3.63, 3.8) is 0 Å². The maximum absolute atomic E-state index is 13.2. The standard InChI is InChI=1S/C26H29N7O2/c1-17(2)32-11-9-19(10-12-32)23-13-25(33(31-23)24-8-7-18(3)14-27-24)30-26(34)22-6-4-5-21(29-22)20-15-28-35-16-20/h4-8,13-17,19H,9-12H2,1-3H3,(H,30,34). The summed E-state index contributed by atoms with van der Waals surface area (Å²) in [6.45, 7) is 8.54. The number of likely N-dealkylation sites (tertiary alicyclic amines) is 1. The van der Waals surface area contributed by atoms with Gasteiger partial charge in [0.15, 0.2) is 5.82 Å². The molecule has 180 valence electrons. The molecule has 1 amide bonds. The van der Waals surface area contributed by atoms with Crippen LogP contribution in [0, 0.1) is 6.92 Å². The highest BCUT2D eigenvalue weighted by molar-refractivity contribution is 6.02. The fraction of sp³-hybridized carbons (Fsp3) is 0.346. The minimum absolute atomic E-state index is 0.292. The van der Waals surface area contributed by atoms with Crippen molar-refractivity contribution in [3.8, 4) is 17.1 Å². The summed E-state index contributed by atoms with van der Waals surface area (Å²) in [4.78, 5) is 24.7. The van der Waals surface area contributed by atoms with E-state index in [1.54, 1.807) is 29.2 Å². The van der Waals surface area contributed by atoms with Crippen LogP contribution in [0.1, 0.15) is 54.4 Å². The van der Waals surface area contributed by atoms with Gasteiger partial charge in [0.1, 0.15) is 17.8 Å². The summed E-state index contributed by atoms with van der Waals surface area (Å²) in [6, 6.07) is 11.7. The Kier molecular flexibility index (Phi) is 6.41. The van der Waals surface area contributed by atoms with E-state index in [2.05, 4.69) is 39.2 Å². The molecular formula is C26H29N7O2. The molecule has 35 heavy (non-hydrogen) atoms. The van der Waals surface area contributed by atoms with Gasteiger partial charge in [0, 0.05) is 24.2 Å². The van der Waals surface area contributed by atoms with E-state index >= 15 is 0 Å². The highest BCUT2D eigenvalue weighted by Crippen LogP contribution is 2.31. The van der Waals surface area contributed by atoms with Gasteiger partial charge in [0.05, 0.1) is 23.1 Å². The van der Waals surface area contributed by atoms with Crippen LogP contribution in [0.2, 0.25) is 0 Å². The number of amides is 1. The molecule has 1 aliphatic heterocycles. The minimum Gasteiger partial charge on any atom is -0.364 e. The Morgan fingerprint density at radius 3 is 2.66 bits per heavy atom. The first kappa shape index (κ1) is 22.9. The fourth-order valence-electron chi connectivity index (χ4n) is 4.39. The van der Waals surface area contributed by atoms with Crippen molar-refractivity contribution in [1.29, 1.82) is 0 Å². The van der Waals surface area contributed by atoms with Gasteiger partial charge in [-0.15, -0.1) is 0 Å². The van der Waals surface area contributed by atoms with E-state index < -0.39 is 0 Å². The van der Waals surface area contributed by atoms with Crippen LogP contribution in [0.4, 0.5) is 5.82 Å². The van der Waals surface area contributed by atoms with Crippen LogP contribution in [-0.2, 0) is 0 Å². The molecule has 1 N–H and O–H groups in total. The summed E-state index contributed by atoms with van der Waals surface area (Å²) in [5.41, 5.74) is 3.65. The van der Waals surface area contributed by atoms with Crippen LogP contribution in [0.5, 0.6) is 0 Å². The number of aromatic nitrogens is 5. The van der Waals surface area contributed by atoms with Gasteiger partial charge in [-0.2, -0.15) is 9.78 Å². The average Bonchev–Trinajstić information content (AvgIpc) is 3.56. The van der Waals surface area contributed by atoms with Gasteiger partial charge in [0.25, 0.3) is 5.91 Å². The molecule has 0 aromatic carbocycles. The predicted octanol–water partition coefficient (Wildman–Crippen LogP) is 4.47. The quantitative estimate of drug-likeness (QED) is 0.443. The summed E-state index contributed by atoms with van der Waals surface area (Å²) in [7, 11) is 0. The topological polar surface area (TPSA) is 102 Å². The van der Waals surface area contributed by atoms with Crippen LogP contribution >= 0.6 is 0 Å². The van der Waals surface area contributed by atoms with Gasteiger partial charge >= 0.3 is 0 Å². The molecule has 9 nitrogen and oxygen atoms in total. The lowest BCUT2D eigenvalue weighted by atomic mass is 9.93. The Hall–Kier alpha value is -3.85. The molecule has 1 saturated heterocycles. The van der Waals surface area contributed by atoms with Crippen LogP contribution in [-0.4, -0.2) is 54.8 Å². The summed E-state index contributed by atoms with van der Waals surface area (Å²) in [5, 5.41) is 11.6. The Morgan fingerprint density at radius 2 is 1.97 bits per heavy atom. The highest BCUT2D eigenvalue weighted by Gasteiger charge is 2.26. The molecule has 9 heteroatoms. The third kappa shape index (κ3) is 5.00. The van der Waals surface area contributed by atoms with Gasteiger partial charge in [-0.05, 0) is 70.5 Å². The van der Waals surface area contributed by atoms with Crippen LogP contribution in [0.25, 0.3) is 17.1 Å². The number of carbonyl (C=O) groups excluding carboxylic acids is 1. The molecule has 0 saturated carbocycles. The van der Waals surface area contributed by atoms with Gasteiger partial charge < -0.3 is 14.7 Å². The zero-order valence-electron chi connectivity index (χ0n) is 20.2. The molecule has 0 radical (unpaired) electrons. The Bertz CT molecular complexity index is 1290. The molecule has 0 aliphatic carbocycles. The Balaban J connectivity index is 1.43. The van der Waals surface area contributed by atoms with Crippen molar-refractivity contribution in [3.05, 3.63) is 72.0 Å². The van der Waals surface area contributed by atoms with Gasteiger partial charge in [-0.3, -0.25) is 4.79 Å². The Morgan fingerprint density at radius 1 is 1.14 bits per heavy atom. The van der Waals surface area contributed by atoms with Crippen LogP contribution in [0.3, 0.4) is 0 Å². The van der Waals surface area contributed by atoms with Crippen LogP contribution < -0.4 is 5.32 Å². The first-order chi connectivity index (χ1) is 17.0. The summed E-state index contributed by atoms with van der Waals surface area (Å²) in [5.74, 6) is 1.24. The maximum Gasteiger partial charge on any atom is 0.275 e. The SMILES string of the molecule is Cc1ccc(-n2nc(C3CCN(C(C)C)CC3)cc2NC(=O)c2cccc(-c3cnoc3)n2)nc1. The number of carbonyl (C=O) groups is 1. The lowest BCUT2D eigenvalue weighted by molar-refractivity contribution is 0.102. The number of piperidine rings is 1. The zero-order chi connectivity index (χ0) is 24.4. The predicted molar refractivity (Wildman–Crippen MR) is 132 cm³/mol. The minimum atomic E-state index is -0.322. The molecule has 4 aromatic heterocycles. The monoisotopic (exact) mass is 471 g/mol. The summed E-state index contributed by atoms with van der Waals surface area (Å²) in [6.07, 6.45) is 6.93. The normalized spacial score (nSPS) is 15.0. The molecular weight excluding hydrogens is 442 g/mol. The van der Waals surface area contributed by atoms with E-state index in [4.69, 9.17) is 9.62 Å². The lowest BCUT2D eigenvalue weighted by Gasteiger charge is -2.33. The maximum atomic E-state index is 13.2. The summed E-state index contributed by atoms with van der Waals surface area (Å²) < 4.78 is 6.62. The number of hydrogen-bond donors (Lipinski definition) is 1. The van der Waals surface area contributed by atoms with Gasteiger partial charge in [0.2, 0.25) is 0 Å². The largest absolute Gasteiger partial charge is 0.364 e. The molecule has 0 unspecified atom stereocenters. The average molecular weight is 472 g/mol. The number of anilines is 1. The third-order valence-electron chi connectivity index (χ3n) is 6.47. The molecule has 0 bridgehead atoms. The third-order valence-corrected chi connectivity index (χ3v) is 6.47. The lowest BCUT2D eigenvalue weighted by Crippen LogP contribution is -2.37. The number of aryl methyl sites for hydroxylation is 1. The highest BCUT2D eigenvalue weighted by atomic mass is 16.5. The van der Waals surface area contributed by atoms with E-state index in [0.717, 1.165) is 37.2 Å². The number of nitrogens with one attached hydrogen (secondary N) is 1. The van der Waals surface area contributed by atoms with E-state index in [1.807, 2.05) is 31.2 Å². The molecule has 1 aliphatic rings. The number of pyridine rings is 2. The Labute approximate surface area is 204 Å². The molecule has 5 rings (SSSR count). The number of rotatable bonds is 6. The van der Waals surface area contributed by atoms with Crippen molar-refractivity contribution < 1.29 is 9.32 Å². The van der Waals surface area contributed by atoms with E-state index in [0.29, 0.717) is 40.5 Å². The molecule has 0 atom stereocenters. The van der Waals surface area contributed by atoms with E-state index in [-0.39, 0.29) is 5.91 Å². The first-order valence-electron chi connectivity index (χ1n) is 11.9. The van der Waals surface area contributed by atoms with E-state index in [9.17, 15) is 4.79 Å². The van der Waals surface area contributed by atoms with Crippen molar-refractivity contribution >= 4 is 11.7 Å². The smallest absolute Gasteiger partial charge is 0.275 e. The van der Waals surface area contributed by atoms with Crippen molar-refractivity contribution in [2.45, 2.75) is 45.6 Å². The first-order valence-corrected chi connectivity index (χ1v) is 11.9. The zero-order valence-corrected chi connectivity index (χ0v) is 20.2. The second-order valence-corrected chi connectivity index (χ2v) is 9.24. The molecule has 5 heterocycles. The number of nitrogens with zero attached hydrogens (tertiary/aromatic N) is 6. The second kappa shape index (κ2) is 9.79. The van der Waals surface area contributed by atoms with Crippen LogP contribution in [0.15, 0.2) is 59.6 Å². The molecule has 0 spiro atoms. The van der Waals surface area contributed by atoms with Crippen molar-refractivity contribution in [2.75, 3.05) is 18.4 Å². The fourth-order valence-corrected chi connectivity index (χ4v) is 4.39. The van der Waals surface area contributed by atoms with Crippen molar-refractivity contribution in [2.24, 2.45) is 0 Å². The number of hydrogen-bond acceptors (Lipinski definition) is 7. The van der Waals surface area contributed by atoms with Gasteiger partial charge in [-0.25, -0.2) is 9.97 Å². The van der Waals surface area contributed by atoms with Gasteiger partial charge in [-0.1, -0.05) is 17.3 Å². The van der Waals surface area contributed by atoms with Crippen molar-refractivity contribution in [1.82, 2.24) is 29.8 Å². The molecule has 4 aromatic rings.